The van der Waals surface area contributed by atoms with Gasteiger partial charge in [-0.25, -0.2) is 4.39 Å². The Morgan fingerprint density at radius 1 is 1.42 bits per heavy atom. The van der Waals surface area contributed by atoms with E-state index in [-0.39, 0.29) is 11.4 Å². The zero-order valence-corrected chi connectivity index (χ0v) is 13.4. The van der Waals surface area contributed by atoms with Crippen molar-refractivity contribution in [3.63, 3.8) is 0 Å². The molecule has 1 aromatic heterocycles. The molecule has 2 fully saturated rings. The van der Waals surface area contributed by atoms with Crippen LogP contribution in [0.4, 0.5) is 4.39 Å². The normalized spacial score (nSPS) is 24.0. The van der Waals surface area contributed by atoms with E-state index in [2.05, 4.69) is 4.98 Å². The maximum Gasteiger partial charge on any atom is 0.270 e. The molecule has 1 unspecified atom stereocenters. The minimum absolute atomic E-state index is 0.165. The number of H-pyrrole nitrogens is 1. The SMILES string of the molecule is COc1ccc(F)c2[nH]c(C(=O)N3CCOC4(CCOC4)C3)cc12. The van der Waals surface area contributed by atoms with Crippen LogP contribution in [0.5, 0.6) is 5.75 Å². The van der Waals surface area contributed by atoms with Crippen LogP contribution >= 0.6 is 0 Å². The number of carbonyl (C=O) groups is 1. The van der Waals surface area contributed by atoms with E-state index in [0.717, 1.165) is 6.42 Å². The van der Waals surface area contributed by atoms with Crippen LogP contribution in [-0.4, -0.2) is 61.4 Å². The van der Waals surface area contributed by atoms with Crippen molar-refractivity contribution >= 4 is 16.8 Å². The average molecular weight is 334 g/mol. The van der Waals surface area contributed by atoms with Crippen LogP contribution in [-0.2, 0) is 9.47 Å². The Morgan fingerprint density at radius 3 is 3.04 bits per heavy atom. The maximum atomic E-state index is 14.0. The summed E-state index contributed by atoms with van der Waals surface area (Å²) in [7, 11) is 1.52. The number of fused-ring (bicyclic) bond motifs is 1. The number of ether oxygens (including phenoxy) is 3. The zero-order chi connectivity index (χ0) is 16.7. The molecule has 24 heavy (non-hydrogen) atoms. The van der Waals surface area contributed by atoms with Crippen molar-refractivity contribution in [2.45, 2.75) is 12.0 Å². The van der Waals surface area contributed by atoms with Gasteiger partial charge in [0.15, 0.2) is 0 Å². The van der Waals surface area contributed by atoms with Gasteiger partial charge in [-0.1, -0.05) is 0 Å². The van der Waals surface area contributed by atoms with Crippen molar-refractivity contribution in [1.29, 1.82) is 0 Å². The number of carbonyl (C=O) groups excluding carboxylic acids is 1. The molecule has 1 amide bonds. The summed E-state index contributed by atoms with van der Waals surface area (Å²) in [5.74, 6) is -0.0425. The lowest BCUT2D eigenvalue weighted by Crippen LogP contribution is -2.54. The highest BCUT2D eigenvalue weighted by Crippen LogP contribution is 2.31. The molecule has 1 atom stereocenters. The van der Waals surface area contributed by atoms with Gasteiger partial charge in [0.05, 0.1) is 32.4 Å². The lowest BCUT2D eigenvalue weighted by molar-refractivity contribution is -0.0996. The Balaban J connectivity index is 1.64. The predicted molar refractivity (Wildman–Crippen MR) is 84.8 cm³/mol. The molecule has 2 aliphatic rings. The number of benzene rings is 1. The fraction of sp³-hybridized carbons (Fsp3) is 0.471. The zero-order valence-electron chi connectivity index (χ0n) is 13.4. The Morgan fingerprint density at radius 2 is 2.29 bits per heavy atom. The number of rotatable bonds is 2. The van der Waals surface area contributed by atoms with Gasteiger partial charge < -0.3 is 24.1 Å². The van der Waals surface area contributed by atoms with Crippen molar-refractivity contribution in [3.05, 3.63) is 29.7 Å². The van der Waals surface area contributed by atoms with E-state index in [0.29, 0.717) is 49.7 Å². The molecule has 0 bridgehead atoms. The molecule has 0 aliphatic carbocycles. The Kier molecular flexibility index (Phi) is 3.69. The number of methoxy groups -OCH3 is 1. The number of hydrogen-bond donors (Lipinski definition) is 1. The summed E-state index contributed by atoms with van der Waals surface area (Å²) in [6, 6.07) is 4.53. The van der Waals surface area contributed by atoms with Crippen molar-refractivity contribution in [3.8, 4) is 5.75 Å². The molecule has 1 N–H and O–H groups in total. The fourth-order valence-corrected chi connectivity index (χ4v) is 3.47. The van der Waals surface area contributed by atoms with Crippen LogP contribution in [0.25, 0.3) is 10.9 Å². The van der Waals surface area contributed by atoms with Gasteiger partial charge in [0, 0.05) is 25.0 Å². The second-order valence-corrected chi connectivity index (χ2v) is 6.28. The van der Waals surface area contributed by atoms with Crippen LogP contribution in [0.15, 0.2) is 18.2 Å². The van der Waals surface area contributed by atoms with E-state index in [1.165, 1.54) is 13.2 Å². The van der Waals surface area contributed by atoms with Gasteiger partial charge >= 0.3 is 0 Å². The van der Waals surface area contributed by atoms with E-state index >= 15 is 0 Å². The molecule has 0 saturated carbocycles. The number of nitrogens with zero attached hydrogens (tertiary/aromatic N) is 1. The Bertz CT molecular complexity index is 782. The Labute approximate surface area is 138 Å². The van der Waals surface area contributed by atoms with Gasteiger partial charge in [0.25, 0.3) is 5.91 Å². The summed E-state index contributed by atoms with van der Waals surface area (Å²) in [5.41, 5.74) is 0.234. The van der Waals surface area contributed by atoms with E-state index < -0.39 is 11.4 Å². The van der Waals surface area contributed by atoms with Crippen molar-refractivity contribution in [2.24, 2.45) is 0 Å². The summed E-state index contributed by atoms with van der Waals surface area (Å²) in [5, 5.41) is 0.563. The lowest BCUT2D eigenvalue weighted by atomic mass is 10.0. The van der Waals surface area contributed by atoms with Gasteiger partial charge in [-0.05, 0) is 18.2 Å². The molecule has 2 aromatic rings. The first-order valence-electron chi connectivity index (χ1n) is 7.98. The molecular formula is C17H19FN2O4. The molecule has 2 saturated heterocycles. The summed E-state index contributed by atoms with van der Waals surface area (Å²) in [6.07, 6.45) is 0.784. The summed E-state index contributed by atoms with van der Waals surface area (Å²) in [6.45, 7) is 2.63. The van der Waals surface area contributed by atoms with Gasteiger partial charge in [-0.2, -0.15) is 0 Å². The van der Waals surface area contributed by atoms with E-state index in [1.54, 1.807) is 17.0 Å². The third kappa shape index (κ3) is 2.44. The minimum atomic E-state index is -0.410. The highest BCUT2D eigenvalue weighted by Gasteiger charge is 2.42. The van der Waals surface area contributed by atoms with Gasteiger partial charge in [-0.3, -0.25) is 4.79 Å². The minimum Gasteiger partial charge on any atom is -0.496 e. The topological polar surface area (TPSA) is 63.8 Å². The standard InChI is InChI=1S/C17H19FN2O4/c1-22-14-3-2-12(18)15-11(14)8-13(19-15)16(21)20-5-7-24-17(9-20)4-6-23-10-17/h2-3,8,19H,4-7,9-10H2,1H3. The van der Waals surface area contributed by atoms with E-state index in [4.69, 9.17) is 14.2 Å². The largest absolute Gasteiger partial charge is 0.496 e. The molecular weight excluding hydrogens is 315 g/mol. The van der Waals surface area contributed by atoms with Crippen LogP contribution in [0, 0.1) is 5.82 Å². The summed E-state index contributed by atoms with van der Waals surface area (Å²) in [4.78, 5) is 17.5. The third-order valence-corrected chi connectivity index (χ3v) is 4.76. The quantitative estimate of drug-likeness (QED) is 0.912. The summed E-state index contributed by atoms with van der Waals surface area (Å²) < 4.78 is 30.5. The number of amides is 1. The molecule has 6 nitrogen and oxygen atoms in total. The highest BCUT2D eigenvalue weighted by molar-refractivity contribution is 6.00. The smallest absolute Gasteiger partial charge is 0.270 e. The van der Waals surface area contributed by atoms with Crippen LogP contribution in [0.2, 0.25) is 0 Å². The monoisotopic (exact) mass is 334 g/mol. The number of hydrogen-bond acceptors (Lipinski definition) is 4. The molecule has 4 rings (SSSR count). The molecule has 128 valence electrons. The van der Waals surface area contributed by atoms with Crippen LogP contribution < -0.4 is 4.74 Å². The first-order chi connectivity index (χ1) is 11.6. The second-order valence-electron chi connectivity index (χ2n) is 6.28. The van der Waals surface area contributed by atoms with Gasteiger partial charge in [0.1, 0.15) is 22.9 Å². The number of halogens is 1. The average Bonchev–Trinajstić information content (AvgIpc) is 3.23. The summed E-state index contributed by atoms with van der Waals surface area (Å²) >= 11 is 0. The molecule has 1 spiro atoms. The number of nitrogens with one attached hydrogen (secondary N) is 1. The van der Waals surface area contributed by atoms with Crippen molar-refractivity contribution < 1.29 is 23.4 Å². The number of aromatic nitrogens is 1. The Hall–Kier alpha value is -2.12. The van der Waals surface area contributed by atoms with Gasteiger partial charge in [0.2, 0.25) is 0 Å². The third-order valence-electron chi connectivity index (χ3n) is 4.76. The van der Waals surface area contributed by atoms with Gasteiger partial charge in [-0.15, -0.1) is 0 Å². The molecule has 0 radical (unpaired) electrons. The first-order valence-corrected chi connectivity index (χ1v) is 7.98. The first kappa shape index (κ1) is 15.4. The van der Waals surface area contributed by atoms with Crippen LogP contribution in [0.1, 0.15) is 16.9 Å². The van der Waals surface area contributed by atoms with Crippen molar-refractivity contribution in [2.75, 3.05) is 40.0 Å². The molecule has 7 heteroatoms. The van der Waals surface area contributed by atoms with Crippen LogP contribution in [0.3, 0.4) is 0 Å². The number of aromatic amines is 1. The highest BCUT2D eigenvalue weighted by atomic mass is 19.1. The lowest BCUT2D eigenvalue weighted by Gasteiger charge is -2.39. The number of morpholine rings is 1. The molecule has 1 aromatic carbocycles. The second kappa shape index (κ2) is 5.75. The van der Waals surface area contributed by atoms with Crippen molar-refractivity contribution in [1.82, 2.24) is 9.88 Å². The fourth-order valence-electron chi connectivity index (χ4n) is 3.47. The van der Waals surface area contributed by atoms with E-state index in [1.807, 2.05) is 0 Å². The predicted octanol–water partition coefficient (Wildman–Crippen LogP) is 1.95. The molecule has 2 aliphatic heterocycles. The van der Waals surface area contributed by atoms with E-state index in [9.17, 15) is 9.18 Å². The maximum absolute atomic E-state index is 14.0. The molecule has 3 heterocycles.